The minimum absolute atomic E-state index is 0.152. The van der Waals surface area contributed by atoms with Gasteiger partial charge in [0.05, 0.1) is 6.20 Å². The number of halogens is 2. The van der Waals surface area contributed by atoms with E-state index in [1.807, 2.05) is 53.2 Å². The van der Waals surface area contributed by atoms with E-state index in [0.29, 0.717) is 11.6 Å². The Hall–Kier alpha value is -2.38. The standard InChI is InChI=1S/C15H10BrClN6/c16-12-7-6-11-14(20-15(17)21-23(11)12)19-13-8-22(9-18-13)10-4-2-1-3-5-10/h1-9H,(H,19,20,21). The summed E-state index contributed by atoms with van der Waals surface area (Å²) >= 11 is 9.41. The number of nitrogens with one attached hydrogen (secondary N) is 1. The van der Waals surface area contributed by atoms with E-state index in [-0.39, 0.29) is 5.28 Å². The molecule has 114 valence electrons. The van der Waals surface area contributed by atoms with Crippen LogP contribution in [0, 0.1) is 0 Å². The molecule has 8 heteroatoms. The van der Waals surface area contributed by atoms with Crippen LogP contribution in [-0.4, -0.2) is 24.1 Å². The molecule has 0 fully saturated rings. The molecule has 3 heterocycles. The summed E-state index contributed by atoms with van der Waals surface area (Å²) in [6, 6.07) is 13.7. The summed E-state index contributed by atoms with van der Waals surface area (Å²) in [4.78, 5) is 8.60. The fourth-order valence-electron chi connectivity index (χ4n) is 2.28. The zero-order chi connectivity index (χ0) is 15.8. The summed E-state index contributed by atoms with van der Waals surface area (Å²) in [5.74, 6) is 1.26. The van der Waals surface area contributed by atoms with Crippen LogP contribution < -0.4 is 5.32 Å². The van der Waals surface area contributed by atoms with Crippen LogP contribution in [0.2, 0.25) is 5.28 Å². The highest BCUT2D eigenvalue weighted by atomic mass is 79.9. The maximum Gasteiger partial charge on any atom is 0.243 e. The van der Waals surface area contributed by atoms with Crippen molar-refractivity contribution in [3.05, 3.63) is 64.9 Å². The number of aromatic nitrogens is 5. The van der Waals surface area contributed by atoms with Crippen molar-refractivity contribution in [2.75, 3.05) is 5.32 Å². The second kappa shape index (κ2) is 5.68. The number of para-hydroxylation sites is 1. The van der Waals surface area contributed by atoms with Crippen molar-refractivity contribution in [2.45, 2.75) is 0 Å². The molecule has 0 aliphatic heterocycles. The highest BCUT2D eigenvalue weighted by molar-refractivity contribution is 9.10. The lowest BCUT2D eigenvalue weighted by atomic mass is 10.3. The Morgan fingerprint density at radius 1 is 1.09 bits per heavy atom. The first-order chi connectivity index (χ1) is 11.2. The predicted molar refractivity (Wildman–Crippen MR) is 92.5 cm³/mol. The van der Waals surface area contributed by atoms with Gasteiger partial charge in [-0.1, -0.05) is 18.2 Å². The van der Waals surface area contributed by atoms with Gasteiger partial charge in [-0.05, 0) is 51.8 Å². The number of imidazole rings is 1. The normalized spacial score (nSPS) is 11.0. The molecule has 0 amide bonds. The number of benzene rings is 1. The Balaban J connectivity index is 1.70. The molecule has 0 aliphatic carbocycles. The maximum absolute atomic E-state index is 5.99. The molecule has 0 spiro atoms. The van der Waals surface area contributed by atoms with Crippen LogP contribution in [-0.2, 0) is 0 Å². The van der Waals surface area contributed by atoms with Gasteiger partial charge in [0.25, 0.3) is 0 Å². The van der Waals surface area contributed by atoms with Gasteiger partial charge in [0.1, 0.15) is 22.3 Å². The molecule has 6 nitrogen and oxygen atoms in total. The Kier molecular flexibility index (Phi) is 3.51. The highest BCUT2D eigenvalue weighted by Gasteiger charge is 2.11. The van der Waals surface area contributed by atoms with E-state index in [4.69, 9.17) is 11.6 Å². The van der Waals surface area contributed by atoms with Crippen molar-refractivity contribution in [1.82, 2.24) is 24.1 Å². The molecular weight excluding hydrogens is 380 g/mol. The number of fused-ring (bicyclic) bond motifs is 1. The largest absolute Gasteiger partial charge is 0.322 e. The predicted octanol–water partition coefficient (Wildman–Crippen LogP) is 4.07. The number of hydrogen-bond donors (Lipinski definition) is 1. The minimum atomic E-state index is 0.152. The molecule has 23 heavy (non-hydrogen) atoms. The summed E-state index contributed by atoms with van der Waals surface area (Å²) in [7, 11) is 0. The summed E-state index contributed by atoms with van der Waals surface area (Å²) in [6.45, 7) is 0. The Morgan fingerprint density at radius 3 is 2.74 bits per heavy atom. The first kappa shape index (κ1) is 14.2. The third-order valence-corrected chi connectivity index (χ3v) is 4.08. The van der Waals surface area contributed by atoms with Crippen molar-refractivity contribution in [2.24, 2.45) is 0 Å². The van der Waals surface area contributed by atoms with E-state index in [9.17, 15) is 0 Å². The lowest BCUT2D eigenvalue weighted by Gasteiger charge is -2.05. The van der Waals surface area contributed by atoms with E-state index >= 15 is 0 Å². The molecule has 1 N–H and O–H groups in total. The summed E-state index contributed by atoms with van der Waals surface area (Å²) < 4.78 is 4.40. The fourth-order valence-corrected chi connectivity index (χ4v) is 2.84. The molecule has 0 saturated heterocycles. The number of nitrogens with zero attached hydrogens (tertiary/aromatic N) is 5. The minimum Gasteiger partial charge on any atom is -0.322 e. The molecule has 0 atom stereocenters. The quantitative estimate of drug-likeness (QED) is 0.574. The smallest absolute Gasteiger partial charge is 0.243 e. The molecular formula is C15H10BrClN6. The van der Waals surface area contributed by atoms with E-state index < -0.39 is 0 Å². The zero-order valence-corrected chi connectivity index (χ0v) is 14.0. The zero-order valence-electron chi connectivity index (χ0n) is 11.7. The lowest BCUT2D eigenvalue weighted by molar-refractivity contribution is 0.889. The SMILES string of the molecule is Clc1nc(Nc2cn(-c3ccccc3)cn2)c2ccc(Br)n2n1. The molecule has 0 bridgehead atoms. The van der Waals surface area contributed by atoms with Crippen LogP contribution in [0.4, 0.5) is 11.6 Å². The van der Waals surface area contributed by atoms with Gasteiger partial charge < -0.3 is 9.88 Å². The first-order valence-electron chi connectivity index (χ1n) is 6.78. The summed E-state index contributed by atoms with van der Waals surface area (Å²) in [5, 5.41) is 7.48. The first-order valence-corrected chi connectivity index (χ1v) is 7.95. The third-order valence-electron chi connectivity index (χ3n) is 3.32. The van der Waals surface area contributed by atoms with Crippen LogP contribution in [0.15, 0.2) is 59.6 Å². The van der Waals surface area contributed by atoms with Crippen molar-refractivity contribution in [3.8, 4) is 5.69 Å². The Morgan fingerprint density at radius 2 is 1.91 bits per heavy atom. The van der Waals surface area contributed by atoms with E-state index in [0.717, 1.165) is 15.8 Å². The molecule has 0 unspecified atom stereocenters. The van der Waals surface area contributed by atoms with Gasteiger partial charge in [0.15, 0.2) is 5.82 Å². The number of hydrogen-bond acceptors (Lipinski definition) is 4. The van der Waals surface area contributed by atoms with E-state index in [2.05, 4.69) is 36.3 Å². The van der Waals surface area contributed by atoms with Gasteiger partial charge in [-0.3, -0.25) is 0 Å². The summed E-state index contributed by atoms with van der Waals surface area (Å²) in [5.41, 5.74) is 1.83. The molecule has 0 saturated carbocycles. The fraction of sp³-hybridized carbons (Fsp3) is 0. The van der Waals surface area contributed by atoms with Crippen molar-refractivity contribution in [3.63, 3.8) is 0 Å². The van der Waals surface area contributed by atoms with Crippen LogP contribution in [0.25, 0.3) is 11.2 Å². The average Bonchev–Trinajstić information content (AvgIpc) is 3.16. The van der Waals surface area contributed by atoms with Crippen LogP contribution in [0.1, 0.15) is 0 Å². The van der Waals surface area contributed by atoms with Crippen molar-refractivity contribution in [1.29, 1.82) is 0 Å². The topological polar surface area (TPSA) is 60.0 Å². The molecule has 4 rings (SSSR count). The van der Waals surface area contributed by atoms with Gasteiger partial charge in [-0.2, -0.15) is 4.98 Å². The second-order valence-corrected chi connectivity index (χ2v) is 5.96. The van der Waals surface area contributed by atoms with Gasteiger partial charge >= 0.3 is 0 Å². The molecule has 0 radical (unpaired) electrons. The van der Waals surface area contributed by atoms with Gasteiger partial charge in [0.2, 0.25) is 5.28 Å². The van der Waals surface area contributed by atoms with E-state index in [1.165, 1.54) is 0 Å². The van der Waals surface area contributed by atoms with Crippen molar-refractivity contribution < 1.29 is 0 Å². The van der Waals surface area contributed by atoms with Gasteiger partial charge in [-0.15, -0.1) is 5.10 Å². The molecule has 1 aromatic carbocycles. The highest BCUT2D eigenvalue weighted by Crippen LogP contribution is 2.24. The van der Waals surface area contributed by atoms with Crippen LogP contribution in [0.3, 0.4) is 0 Å². The third kappa shape index (κ3) is 2.69. The van der Waals surface area contributed by atoms with Crippen LogP contribution in [0.5, 0.6) is 0 Å². The molecule has 4 aromatic rings. The monoisotopic (exact) mass is 388 g/mol. The maximum atomic E-state index is 5.99. The second-order valence-electron chi connectivity index (χ2n) is 4.81. The van der Waals surface area contributed by atoms with Gasteiger partial charge in [0, 0.05) is 5.69 Å². The van der Waals surface area contributed by atoms with Crippen LogP contribution >= 0.6 is 27.5 Å². The average molecular weight is 390 g/mol. The Bertz CT molecular complexity index is 978. The molecule has 0 aliphatic rings. The number of anilines is 2. The van der Waals surface area contributed by atoms with Gasteiger partial charge in [-0.25, -0.2) is 9.50 Å². The lowest BCUT2D eigenvalue weighted by Crippen LogP contribution is -2.01. The van der Waals surface area contributed by atoms with E-state index in [1.54, 1.807) is 10.8 Å². The van der Waals surface area contributed by atoms with Crippen molar-refractivity contribution >= 4 is 44.7 Å². The Labute approximate surface area is 144 Å². The number of rotatable bonds is 3. The summed E-state index contributed by atoms with van der Waals surface area (Å²) in [6.07, 6.45) is 3.63. The molecule has 3 aromatic heterocycles.